The van der Waals surface area contributed by atoms with Gasteiger partial charge in [0.2, 0.25) is 5.91 Å². The third-order valence-corrected chi connectivity index (χ3v) is 5.08. The Labute approximate surface area is 146 Å². The number of hydrogen-bond acceptors (Lipinski definition) is 7. The molecule has 0 aromatic carbocycles. The fourth-order valence-corrected chi connectivity index (χ4v) is 3.49. The maximum absolute atomic E-state index is 12.6. The number of ether oxygens (including phenoxy) is 1. The van der Waals surface area contributed by atoms with Gasteiger partial charge >= 0.3 is 0 Å². The predicted octanol–water partition coefficient (Wildman–Crippen LogP) is 1.15. The Morgan fingerprint density at radius 1 is 1.33 bits per heavy atom. The summed E-state index contributed by atoms with van der Waals surface area (Å²) in [6, 6.07) is 2.16. The topological polar surface area (TPSA) is 82.4 Å². The third kappa shape index (κ3) is 3.62. The molecule has 2 saturated heterocycles. The number of piperidine rings is 1. The molecule has 0 bridgehead atoms. The standard InChI is InChI=1S/C16H21N5O2S/c1-24-16-18-11-13(10-17)14(19-16)20-4-2-12(3-5-20)15(22)21-6-8-23-9-7-21/h11-12H,2-9H2,1H3. The average Bonchev–Trinajstić information content (AvgIpc) is 2.67. The number of hydrogen-bond donors (Lipinski definition) is 0. The van der Waals surface area contributed by atoms with Gasteiger partial charge in [0, 0.05) is 32.1 Å². The van der Waals surface area contributed by atoms with E-state index in [1.54, 1.807) is 6.20 Å². The number of carbonyl (C=O) groups excluding carboxylic acids is 1. The lowest BCUT2D eigenvalue weighted by atomic mass is 9.95. The molecule has 1 amide bonds. The summed E-state index contributed by atoms with van der Waals surface area (Å²) in [5.74, 6) is 0.992. The molecule has 128 valence electrons. The first-order valence-electron chi connectivity index (χ1n) is 8.15. The van der Waals surface area contributed by atoms with Crippen molar-refractivity contribution >= 4 is 23.5 Å². The molecule has 0 saturated carbocycles. The van der Waals surface area contributed by atoms with Crippen LogP contribution in [0.4, 0.5) is 5.82 Å². The summed E-state index contributed by atoms with van der Waals surface area (Å²) in [7, 11) is 0. The number of thioether (sulfide) groups is 1. The highest BCUT2D eigenvalue weighted by Crippen LogP contribution is 2.27. The van der Waals surface area contributed by atoms with E-state index in [4.69, 9.17) is 4.74 Å². The summed E-state index contributed by atoms with van der Waals surface area (Å²) in [6.07, 6.45) is 5.08. The number of rotatable bonds is 3. The van der Waals surface area contributed by atoms with E-state index in [2.05, 4.69) is 20.9 Å². The molecule has 0 spiro atoms. The fraction of sp³-hybridized carbons (Fsp3) is 0.625. The van der Waals surface area contributed by atoms with Crippen molar-refractivity contribution in [3.05, 3.63) is 11.8 Å². The van der Waals surface area contributed by atoms with Crippen molar-refractivity contribution in [2.45, 2.75) is 18.0 Å². The van der Waals surface area contributed by atoms with Gasteiger partial charge in [-0.05, 0) is 19.1 Å². The maximum atomic E-state index is 12.6. The van der Waals surface area contributed by atoms with Gasteiger partial charge in [-0.1, -0.05) is 11.8 Å². The molecule has 0 radical (unpaired) electrons. The molecule has 2 aliphatic rings. The summed E-state index contributed by atoms with van der Waals surface area (Å²) in [5.41, 5.74) is 0.491. The zero-order valence-corrected chi connectivity index (χ0v) is 14.6. The SMILES string of the molecule is CSc1ncc(C#N)c(N2CCC(C(=O)N3CCOCC3)CC2)n1. The van der Waals surface area contributed by atoms with Crippen molar-refractivity contribution in [2.24, 2.45) is 5.92 Å². The van der Waals surface area contributed by atoms with E-state index in [0.717, 1.165) is 25.9 Å². The smallest absolute Gasteiger partial charge is 0.225 e. The van der Waals surface area contributed by atoms with Crippen LogP contribution in [0.25, 0.3) is 0 Å². The van der Waals surface area contributed by atoms with Gasteiger partial charge in [-0.3, -0.25) is 4.79 Å². The predicted molar refractivity (Wildman–Crippen MR) is 90.9 cm³/mol. The first-order chi connectivity index (χ1) is 11.7. The van der Waals surface area contributed by atoms with Crippen LogP contribution in [0.5, 0.6) is 0 Å². The summed E-state index contributed by atoms with van der Waals surface area (Å²) in [6.45, 7) is 4.13. The Bertz CT molecular complexity index is 634. The van der Waals surface area contributed by atoms with Gasteiger partial charge in [-0.25, -0.2) is 9.97 Å². The molecular formula is C16H21N5O2S. The molecule has 0 N–H and O–H groups in total. The number of amides is 1. The van der Waals surface area contributed by atoms with E-state index in [1.165, 1.54) is 11.8 Å². The summed E-state index contributed by atoms with van der Waals surface area (Å²) in [5, 5.41) is 9.95. The summed E-state index contributed by atoms with van der Waals surface area (Å²) in [4.78, 5) is 25.3. The van der Waals surface area contributed by atoms with Crippen molar-refractivity contribution in [1.29, 1.82) is 5.26 Å². The number of carbonyl (C=O) groups is 1. The number of morpholine rings is 1. The third-order valence-electron chi connectivity index (χ3n) is 4.52. The van der Waals surface area contributed by atoms with Gasteiger partial charge < -0.3 is 14.5 Å². The fourth-order valence-electron chi connectivity index (χ4n) is 3.16. The highest BCUT2D eigenvalue weighted by Gasteiger charge is 2.30. The minimum Gasteiger partial charge on any atom is -0.378 e. The zero-order valence-electron chi connectivity index (χ0n) is 13.8. The molecule has 3 heterocycles. The van der Waals surface area contributed by atoms with Crippen molar-refractivity contribution < 1.29 is 9.53 Å². The van der Waals surface area contributed by atoms with Crippen LogP contribution in [0, 0.1) is 17.2 Å². The van der Waals surface area contributed by atoms with Gasteiger partial charge in [0.25, 0.3) is 0 Å². The lowest BCUT2D eigenvalue weighted by Gasteiger charge is -2.36. The molecule has 0 aliphatic carbocycles. The second-order valence-corrected chi connectivity index (χ2v) is 6.68. The molecular weight excluding hydrogens is 326 g/mol. The van der Waals surface area contributed by atoms with E-state index in [9.17, 15) is 10.1 Å². The van der Waals surface area contributed by atoms with E-state index < -0.39 is 0 Å². The second-order valence-electron chi connectivity index (χ2n) is 5.90. The Hall–Kier alpha value is -1.85. The van der Waals surface area contributed by atoms with Crippen LogP contribution >= 0.6 is 11.8 Å². The molecule has 7 nitrogen and oxygen atoms in total. The van der Waals surface area contributed by atoms with Crippen LogP contribution in [0.15, 0.2) is 11.4 Å². The van der Waals surface area contributed by atoms with Crippen LogP contribution in [-0.4, -0.2) is 66.4 Å². The van der Waals surface area contributed by atoms with E-state index in [1.807, 2.05) is 11.2 Å². The Morgan fingerprint density at radius 3 is 2.67 bits per heavy atom. The largest absolute Gasteiger partial charge is 0.378 e. The lowest BCUT2D eigenvalue weighted by molar-refractivity contribution is -0.140. The quantitative estimate of drug-likeness (QED) is 0.599. The van der Waals surface area contributed by atoms with Crippen LogP contribution in [0.2, 0.25) is 0 Å². The van der Waals surface area contributed by atoms with Gasteiger partial charge in [-0.2, -0.15) is 5.26 Å². The lowest BCUT2D eigenvalue weighted by Crippen LogP contribution is -2.47. The Balaban J connectivity index is 1.65. The van der Waals surface area contributed by atoms with Gasteiger partial charge in [0.05, 0.1) is 19.4 Å². The monoisotopic (exact) mass is 347 g/mol. The number of aromatic nitrogens is 2. The molecule has 8 heteroatoms. The Morgan fingerprint density at radius 2 is 2.04 bits per heavy atom. The first-order valence-corrected chi connectivity index (χ1v) is 9.38. The van der Waals surface area contributed by atoms with Crippen molar-refractivity contribution in [3.63, 3.8) is 0 Å². The molecule has 2 aliphatic heterocycles. The van der Waals surface area contributed by atoms with Crippen LogP contribution in [-0.2, 0) is 9.53 Å². The highest BCUT2D eigenvalue weighted by atomic mass is 32.2. The molecule has 1 aromatic rings. The van der Waals surface area contributed by atoms with Crippen molar-refractivity contribution in [1.82, 2.24) is 14.9 Å². The molecule has 24 heavy (non-hydrogen) atoms. The van der Waals surface area contributed by atoms with Gasteiger partial charge in [0.1, 0.15) is 11.6 Å². The van der Waals surface area contributed by atoms with Crippen molar-refractivity contribution in [3.8, 4) is 6.07 Å². The average molecular weight is 347 g/mol. The highest BCUT2D eigenvalue weighted by molar-refractivity contribution is 7.98. The summed E-state index contributed by atoms with van der Waals surface area (Å²) < 4.78 is 5.31. The van der Waals surface area contributed by atoms with Gasteiger partial charge in [-0.15, -0.1) is 0 Å². The second kappa shape index (κ2) is 7.81. The molecule has 1 aromatic heterocycles. The van der Waals surface area contributed by atoms with E-state index >= 15 is 0 Å². The first kappa shape index (κ1) is 17.0. The normalized spacial score (nSPS) is 19.2. The summed E-state index contributed by atoms with van der Waals surface area (Å²) >= 11 is 1.46. The molecule has 0 atom stereocenters. The Kier molecular flexibility index (Phi) is 5.53. The maximum Gasteiger partial charge on any atom is 0.225 e. The van der Waals surface area contributed by atoms with Crippen LogP contribution in [0.1, 0.15) is 18.4 Å². The zero-order chi connectivity index (χ0) is 16.9. The van der Waals surface area contributed by atoms with E-state index in [0.29, 0.717) is 42.8 Å². The minimum atomic E-state index is 0.0618. The molecule has 0 unspecified atom stereocenters. The number of nitrogens with zero attached hydrogens (tertiary/aromatic N) is 5. The number of nitriles is 1. The van der Waals surface area contributed by atoms with Gasteiger partial charge in [0.15, 0.2) is 11.0 Å². The minimum absolute atomic E-state index is 0.0618. The van der Waals surface area contributed by atoms with E-state index in [-0.39, 0.29) is 11.8 Å². The van der Waals surface area contributed by atoms with Crippen molar-refractivity contribution in [2.75, 3.05) is 50.5 Å². The van der Waals surface area contributed by atoms with Crippen LogP contribution in [0.3, 0.4) is 0 Å². The number of anilines is 1. The van der Waals surface area contributed by atoms with Crippen LogP contribution < -0.4 is 4.90 Å². The molecule has 3 rings (SSSR count). The molecule has 2 fully saturated rings.